The minimum atomic E-state index is -0.125. The highest BCUT2D eigenvalue weighted by molar-refractivity contribution is 7.26. The van der Waals surface area contributed by atoms with E-state index in [9.17, 15) is 0 Å². The van der Waals surface area contributed by atoms with Gasteiger partial charge in [-0.1, -0.05) is 384 Å². The van der Waals surface area contributed by atoms with Gasteiger partial charge in [0.05, 0.1) is 59.9 Å². The average Bonchev–Trinajstić information content (AvgIpc) is 1.58. The van der Waals surface area contributed by atoms with E-state index in [0.717, 1.165) is 110 Å². The number of fused-ring (bicyclic) bond motifs is 22. The second-order valence-electron chi connectivity index (χ2n) is 36.3. The Labute approximate surface area is 813 Å². The van der Waals surface area contributed by atoms with Crippen LogP contribution in [0.2, 0.25) is 0 Å². The Kier molecular flexibility index (Phi) is 19.4. The minimum absolute atomic E-state index is 0.125. The largest absolute Gasteiger partial charge is 0.309 e. The van der Waals surface area contributed by atoms with Crippen molar-refractivity contribution in [1.82, 2.24) is 67.7 Å². The number of nitrogens with zero attached hydrogens (tertiary/aromatic N) is 14. The predicted molar refractivity (Wildman–Crippen MR) is 580 cm³/mol. The lowest BCUT2D eigenvalue weighted by Gasteiger charge is -2.21. The second-order valence-corrected chi connectivity index (χ2v) is 37.4. The van der Waals surface area contributed by atoms with Crippen LogP contribution in [0.3, 0.4) is 0 Å². The lowest BCUT2D eigenvalue weighted by Crippen LogP contribution is -2.15. The summed E-state index contributed by atoms with van der Waals surface area (Å²) in [5, 5.41) is 14.2. The maximum Gasteiger partial charge on any atom is 0.238 e. The van der Waals surface area contributed by atoms with Gasteiger partial charge in [0.1, 0.15) is 0 Å². The Hall–Kier alpha value is -18.6. The number of aromatic nitrogens is 14. The van der Waals surface area contributed by atoms with Crippen LogP contribution in [0.1, 0.15) is 25.0 Å². The third-order valence-electron chi connectivity index (χ3n) is 27.8. The van der Waals surface area contributed by atoms with Crippen molar-refractivity contribution in [2.75, 3.05) is 0 Å². The lowest BCUT2D eigenvalue weighted by molar-refractivity contribution is 0.660. The van der Waals surface area contributed by atoms with Gasteiger partial charge in [-0.25, -0.2) is 15.0 Å². The number of rotatable bonds is 12. The molecule has 0 spiro atoms. The predicted octanol–water partition coefficient (Wildman–Crippen LogP) is 31.4. The van der Waals surface area contributed by atoms with Crippen LogP contribution in [-0.4, -0.2) is 67.7 Å². The van der Waals surface area contributed by atoms with Gasteiger partial charge >= 0.3 is 0 Å². The van der Waals surface area contributed by atoms with Crippen LogP contribution >= 0.6 is 11.3 Å². The zero-order valence-electron chi connectivity index (χ0n) is 76.5. The van der Waals surface area contributed by atoms with E-state index in [-0.39, 0.29) is 5.41 Å². The van der Waals surface area contributed by atoms with Crippen molar-refractivity contribution in [2.24, 2.45) is 0 Å². The summed E-state index contributed by atoms with van der Waals surface area (Å²) in [4.78, 5) is 46.2. The summed E-state index contributed by atoms with van der Waals surface area (Å²) < 4.78 is 13.9. The monoisotopic (exact) mass is 1820 g/mol. The Bertz CT molecular complexity index is 9760. The van der Waals surface area contributed by atoms with Crippen molar-refractivity contribution in [1.29, 1.82) is 0 Å². The van der Waals surface area contributed by atoms with Crippen LogP contribution in [0.25, 0.3) is 249 Å². The molecule has 0 fully saturated rings. The van der Waals surface area contributed by atoms with E-state index in [1.165, 1.54) is 96.9 Å². The highest BCUT2D eigenvalue weighted by atomic mass is 32.1. The fraction of sp³-hybridized carbons (Fsp3) is 0.0238. The molecule has 141 heavy (non-hydrogen) atoms. The zero-order valence-corrected chi connectivity index (χ0v) is 77.4. The van der Waals surface area contributed by atoms with E-state index in [4.69, 9.17) is 44.9 Å². The Morgan fingerprint density at radius 1 is 0.184 bits per heavy atom. The number of thiophene rings is 1. The fourth-order valence-electron chi connectivity index (χ4n) is 21.2. The molecule has 0 radical (unpaired) electrons. The summed E-state index contributed by atoms with van der Waals surface area (Å²) in [7, 11) is 0. The summed E-state index contributed by atoms with van der Waals surface area (Å²) in [5.74, 6) is 5.65. The quantitative estimate of drug-likeness (QED) is 0.117. The van der Waals surface area contributed by atoms with Crippen molar-refractivity contribution in [3.8, 4) is 120 Å². The molecule has 19 aromatic carbocycles. The first-order chi connectivity index (χ1) is 69.7. The van der Waals surface area contributed by atoms with Crippen molar-refractivity contribution < 1.29 is 0 Å². The molecular formula is C126H82N14S. The number of hydrogen-bond acceptors (Lipinski definition) is 10. The molecule has 0 atom stereocenters. The molecule has 0 aliphatic heterocycles. The molecule has 1 aliphatic rings. The van der Waals surface area contributed by atoms with Crippen LogP contribution in [0.4, 0.5) is 0 Å². The zero-order chi connectivity index (χ0) is 93.3. The van der Waals surface area contributed by atoms with E-state index in [1.807, 2.05) is 114 Å². The van der Waals surface area contributed by atoms with Gasteiger partial charge in [0.15, 0.2) is 34.9 Å². The summed E-state index contributed by atoms with van der Waals surface area (Å²) in [6.45, 7) is 4.62. The lowest BCUT2D eigenvalue weighted by atomic mass is 9.82. The third kappa shape index (κ3) is 13.8. The van der Waals surface area contributed by atoms with Crippen LogP contribution < -0.4 is 0 Å². The normalized spacial score (nSPS) is 12.2. The summed E-state index contributed by atoms with van der Waals surface area (Å²) in [6, 6.07) is 162. The molecule has 9 heterocycles. The fourth-order valence-corrected chi connectivity index (χ4v) is 22.5. The SMILES string of the molecule is CC1(C)c2ccccc2-c2ccc(-c3nc(-c4ccccc4)nc(-n4c5ccccc5c5ccc6c7ccccc7sc6c54)n3)cc21.c1ccc(-c2ccc(-c3nc(-c4ccccc4)nc(-n4c5ccccc5c5cc6c(cc54)c4ccccc4n6-c4ccccc4)n3)cc2)cc1.c1ccc(-c2nc(-c3ccccc3)nc(-n3c4ccccc4c4cc5c(cc43)c3ccccc3n5-c3ccccc3)n2)cc1. The third-order valence-corrected chi connectivity index (χ3v) is 29.0. The van der Waals surface area contributed by atoms with Crippen LogP contribution in [-0.2, 0) is 5.41 Å². The molecule has 0 amide bonds. The van der Waals surface area contributed by atoms with Crippen LogP contribution in [0, 0.1) is 0 Å². The molecule has 0 saturated heterocycles. The average molecular weight is 1820 g/mol. The molecule has 0 unspecified atom stereocenters. The Morgan fingerprint density at radius 3 is 0.894 bits per heavy atom. The first-order valence-corrected chi connectivity index (χ1v) is 48.3. The molecule has 28 aromatic rings. The van der Waals surface area contributed by atoms with Gasteiger partial charge in [-0.15, -0.1) is 11.3 Å². The van der Waals surface area contributed by atoms with E-state index in [1.54, 1.807) is 0 Å². The van der Waals surface area contributed by atoms with Gasteiger partial charge in [0.2, 0.25) is 17.8 Å². The molecule has 1 aliphatic carbocycles. The molecule has 9 aromatic heterocycles. The van der Waals surface area contributed by atoms with Crippen molar-refractivity contribution in [3.05, 3.63) is 472 Å². The first kappa shape index (κ1) is 81.9. The van der Waals surface area contributed by atoms with Crippen LogP contribution in [0.5, 0.6) is 0 Å². The summed E-state index contributed by atoms with van der Waals surface area (Å²) in [5.41, 5.74) is 26.5. The van der Waals surface area contributed by atoms with E-state index < -0.39 is 0 Å². The Balaban J connectivity index is 0.000000106. The highest BCUT2D eigenvalue weighted by Gasteiger charge is 2.36. The molecule has 0 saturated carbocycles. The maximum absolute atomic E-state index is 5.30. The van der Waals surface area contributed by atoms with Gasteiger partial charge in [-0.2, -0.15) is 29.9 Å². The molecule has 0 N–H and O–H groups in total. The van der Waals surface area contributed by atoms with E-state index >= 15 is 0 Å². The van der Waals surface area contributed by atoms with E-state index in [2.05, 4.69) is 395 Å². The van der Waals surface area contributed by atoms with Gasteiger partial charge < -0.3 is 9.13 Å². The first-order valence-electron chi connectivity index (χ1n) is 47.5. The Morgan fingerprint density at radius 2 is 0.468 bits per heavy atom. The molecule has 0 bridgehead atoms. The van der Waals surface area contributed by atoms with Crippen molar-refractivity contribution in [3.63, 3.8) is 0 Å². The number of benzene rings is 19. The smallest absolute Gasteiger partial charge is 0.238 e. The standard InChI is InChI=1S/C45H29N5.C42H28N4S.C39H25N5/c1-4-14-30(15-5-1)31-24-26-33(27-25-31)44-46-43(32-16-6-2-7-17-32)47-45(48-44)50-40-23-13-11-21-36(40)38-28-41-37(29-42(38)50)35-20-10-12-22-39(35)49(41)34-18-8-3-9-19-34;1-42(2)33-17-9-6-14-27(33)28-21-20-26(24-34(28)42)40-43-39(25-12-4-3-5-13-25)44-41(45-40)46-35-18-10-7-15-29(35)31-22-23-32-30-16-8-11-19-36(30)47-38(32)37(31)46;1-4-14-26(15-5-1)37-40-38(27-16-6-2-7-17-27)42-39(41-37)44-34-23-13-11-21-30(34)32-24-35-31(25-36(32)44)29-20-10-12-22-33(29)43(35)28-18-8-3-9-19-28/h1-29H;3-24H,1-2H3;1-25H. The van der Waals surface area contributed by atoms with E-state index in [0.29, 0.717) is 52.8 Å². The van der Waals surface area contributed by atoms with Crippen molar-refractivity contribution in [2.45, 2.75) is 19.3 Å². The maximum atomic E-state index is 5.30. The number of para-hydroxylation sites is 7. The van der Waals surface area contributed by atoms with Gasteiger partial charge in [-0.3, -0.25) is 13.7 Å². The molecule has 14 nitrogen and oxygen atoms in total. The molecular weight excluding hydrogens is 1740 g/mol. The summed E-state index contributed by atoms with van der Waals surface area (Å²) >= 11 is 1.83. The van der Waals surface area contributed by atoms with Gasteiger partial charge in [0.25, 0.3) is 0 Å². The van der Waals surface area contributed by atoms with Crippen LogP contribution in [0.15, 0.2) is 461 Å². The minimum Gasteiger partial charge on any atom is -0.309 e. The molecule has 15 heteroatoms. The van der Waals surface area contributed by atoms with Crippen molar-refractivity contribution >= 4 is 141 Å². The second kappa shape index (κ2) is 33.5. The molecule has 662 valence electrons. The van der Waals surface area contributed by atoms with Gasteiger partial charge in [0, 0.05) is 120 Å². The summed E-state index contributed by atoms with van der Waals surface area (Å²) in [6.07, 6.45) is 0. The molecule has 29 rings (SSSR count). The topological polar surface area (TPSA) is 141 Å². The highest BCUT2D eigenvalue weighted by Crippen LogP contribution is 2.51. The van der Waals surface area contributed by atoms with Gasteiger partial charge in [-0.05, 0) is 124 Å². The number of hydrogen-bond donors (Lipinski definition) is 0.